The van der Waals surface area contributed by atoms with Crippen LogP contribution in [0.5, 0.6) is 0 Å². The molecule has 0 bridgehead atoms. The molecule has 6 heteroatoms. The zero-order valence-corrected chi connectivity index (χ0v) is 10.5. The Hall–Kier alpha value is -1.95. The van der Waals surface area contributed by atoms with Gasteiger partial charge in [0, 0.05) is 18.8 Å². The van der Waals surface area contributed by atoms with Crippen LogP contribution >= 0.6 is 11.7 Å². The highest BCUT2D eigenvalue weighted by molar-refractivity contribution is 6.99. The highest BCUT2D eigenvalue weighted by atomic mass is 32.1. The third-order valence-electron chi connectivity index (χ3n) is 3.18. The Labute approximate surface area is 109 Å². The number of nitrogens with zero attached hydrogens (tertiary/aromatic N) is 3. The number of carbonyl (C=O) groups excluding carboxylic acids is 1. The first kappa shape index (κ1) is 11.2. The smallest absolute Gasteiger partial charge is 0.275 e. The molecule has 92 valence electrons. The highest BCUT2D eigenvalue weighted by Crippen LogP contribution is 2.24. The highest BCUT2D eigenvalue weighted by Gasteiger charge is 2.24. The van der Waals surface area contributed by atoms with Crippen molar-refractivity contribution < 1.29 is 4.79 Å². The second-order valence-electron chi connectivity index (χ2n) is 4.25. The van der Waals surface area contributed by atoms with E-state index in [0.717, 1.165) is 29.4 Å². The largest absolute Gasteiger partial charge is 0.398 e. The van der Waals surface area contributed by atoms with Gasteiger partial charge in [0.2, 0.25) is 0 Å². The average molecular weight is 260 g/mol. The maximum atomic E-state index is 12.2. The molecule has 0 saturated heterocycles. The number of nitrogens with two attached hydrogens (primary N) is 1. The van der Waals surface area contributed by atoms with Crippen LogP contribution in [0.25, 0.3) is 0 Å². The summed E-state index contributed by atoms with van der Waals surface area (Å²) in [6.45, 7) is 1.26. The Morgan fingerprint density at radius 2 is 2.33 bits per heavy atom. The van der Waals surface area contributed by atoms with E-state index in [9.17, 15) is 4.79 Å². The first-order chi connectivity index (χ1) is 8.75. The van der Waals surface area contributed by atoms with Crippen LogP contribution < -0.4 is 5.73 Å². The number of hydrogen-bond acceptors (Lipinski definition) is 5. The Kier molecular flexibility index (Phi) is 2.71. The molecule has 2 N–H and O–H groups in total. The molecule has 0 radical (unpaired) electrons. The van der Waals surface area contributed by atoms with Gasteiger partial charge in [0.15, 0.2) is 5.69 Å². The molecule has 1 aromatic heterocycles. The summed E-state index contributed by atoms with van der Waals surface area (Å²) in [6, 6.07) is 5.89. The quantitative estimate of drug-likeness (QED) is 0.785. The van der Waals surface area contributed by atoms with Crippen LogP contribution in [0.3, 0.4) is 0 Å². The fourth-order valence-corrected chi connectivity index (χ4v) is 2.61. The Bertz CT molecular complexity index is 582. The van der Waals surface area contributed by atoms with Crippen molar-refractivity contribution in [1.82, 2.24) is 13.6 Å². The van der Waals surface area contributed by atoms with E-state index < -0.39 is 0 Å². The molecule has 0 saturated carbocycles. The molecule has 1 aliphatic rings. The molecule has 1 aromatic carbocycles. The monoisotopic (exact) mass is 260 g/mol. The van der Waals surface area contributed by atoms with Crippen molar-refractivity contribution in [3.05, 3.63) is 41.2 Å². The minimum Gasteiger partial charge on any atom is -0.398 e. The number of aromatic nitrogens is 2. The maximum absolute atomic E-state index is 12.2. The fraction of sp³-hybridized carbons (Fsp3) is 0.250. The van der Waals surface area contributed by atoms with Gasteiger partial charge >= 0.3 is 0 Å². The molecule has 2 aromatic rings. The van der Waals surface area contributed by atoms with Gasteiger partial charge in [0.05, 0.1) is 17.9 Å². The lowest BCUT2D eigenvalue weighted by atomic mass is 9.98. The number of benzene rings is 1. The number of amides is 1. The van der Waals surface area contributed by atoms with Crippen LogP contribution in [0.1, 0.15) is 21.6 Å². The summed E-state index contributed by atoms with van der Waals surface area (Å²) in [4.78, 5) is 13.9. The number of anilines is 1. The summed E-state index contributed by atoms with van der Waals surface area (Å²) in [6.07, 6.45) is 2.35. The average Bonchev–Trinajstić information content (AvgIpc) is 2.92. The van der Waals surface area contributed by atoms with Crippen LogP contribution in [0, 0.1) is 0 Å². The molecule has 3 rings (SSSR count). The summed E-state index contributed by atoms with van der Waals surface area (Å²) in [7, 11) is 0. The number of nitrogen functional groups attached to an aromatic ring is 1. The minimum absolute atomic E-state index is 0.0716. The van der Waals surface area contributed by atoms with Crippen LogP contribution in [-0.4, -0.2) is 26.1 Å². The van der Waals surface area contributed by atoms with Crippen molar-refractivity contribution >= 4 is 23.3 Å². The van der Waals surface area contributed by atoms with Crippen molar-refractivity contribution in [2.24, 2.45) is 0 Å². The van der Waals surface area contributed by atoms with Gasteiger partial charge in [-0.25, -0.2) is 0 Å². The zero-order valence-electron chi connectivity index (χ0n) is 9.67. The fourth-order valence-electron chi connectivity index (χ4n) is 2.20. The second kappa shape index (κ2) is 4.38. The third-order valence-corrected chi connectivity index (χ3v) is 3.65. The maximum Gasteiger partial charge on any atom is 0.275 e. The van der Waals surface area contributed by atoms with Crippen LogP contribution in [0.15, 0.2) is 24.4 Å². The molecule has 18 heavy (non-hydrogen) atoms. The van der Waals surface area contributed by atoms with E-state index in [1.54, 1.807) is 4.90 Å². The molecule has 0 spiro atoms. The van der Waals surface area contributed by atoms with Gasteiger partial charge in [-0.2, -0.15) is 8.75 Å². The van der Waals surface area contributed by atoms with E-state index in [1.807, 2.05) is 12.1 Å². The van der Waals surface area contributed by atoms with E-state index in [1.165, 1.54) is 11.8 Å². The summed E-state index contributed by atoms with van der Waals surface area (Å²) in [5, 5.41) is 0. The number of rotatable bonds is 1. The van der Waals surface area contributed by atoms with Crippen LogP contribution in [0.4, 0.5) is 5.69 Å². The second-order valence-corrected chi connectivity index (χ2v) is 4.81. The van der Waals surface area contributed by atoms with Crippen molar-refractivity contribution in [2.75, 3.05) is 12.3 Å². The molecule has 0 fully saturated rings. The van der Waals surface area contributed by atoms with Crippen LogP contribution in [-0.2, 0) is 13.0 Å². The number of carbonyl (C=O) groups is 1. The lowest BCUT2D eigenvalue weighted by Crippen LogP contribution is -2.36. The third kappa shape index (κ3) is 1.84. The van der Waals surface area contributed by atoms with Gasteiger partial charge in [0.25, 0.3) is 5.91 Å². The summed E-state index contributed by atoms with van der Waals surface area (Å²) >= 11 is 1.05. The van der Waals surface area contributed by atoms with Gasteiger partial charge in [-0.3, -0.25) is 4.79 Å². The van der Waals surface area contributed by atoms with E-state index in [2.05, 4.69) is 14.8 Å². The number of fused-ring (bicyclic) bond motifs is 1. The lowest BCUT2D eigenvalue weighted by molar-refractivity contribution is 0.0730. The summed E-state index contributed by atoms with van der Waals surface area (Å²) in [5.41, 5.74) is 9.41. The number of hydrogen-bond donors (Lipinski definition) is 1. The van der Waals surface area contributed by atoms with Crippen molar-refractivity contribution in [1.29, 1.82) is 0 Å². The first-order valence-corrected chi connectivity index (χ1v) is 6.42. The van der Waals surface area contributed by atoms with E-state index >= 15 is 0 Å². The first-order valence-electron chi connectivity index (χ1n) is 5.69. The molecule has 5 nitrogen and oxygen atoms in total. The molecule has 0 aliphatic carbocycles. The van der Waals surface area contributed by atoms with Crippen molar-refractivity contribution in [3.63, 3.8) is 0 Å². The predicted molar refractivity (Wildman–Crippen MR) is 69.2 cm³/mol. The minimum atomic E-state index is -0.0716. The summed E-state index contributed by atoms with van der Waals surface area (Å²) in [5.74, 6) is -0.0716. The van der Waals surface area contributed by atoms with Gasteiger partial charge < -0.3 is 10.6 Å². The topological polar surface area (TPSA) is 72.1 Å². The Balaban J connectivity index is 1.87. The predicted octanol–water partition coefficient (Wildman–Crippen LogP) is 1.32. The summed E-state index contributed by atoms with van der Waals surface area (Å²) < 4.78 is 7.84. The molecule has 1 amide bonds. The molecule has 0 atom stereocenters. The van der Waals surface area contributed by atoms with E-state index in [4.69, 9.17) is 5.73 Å². The van der Waals surface area contributed by atoms with E-state index in [-0.39, 0.29) is 5.91 Å². The van der Waals surface area contributed by atoms with Crippen LogP contribution in [0.2, 0.25) is 0 Å². The van der Waals surface area contributed by atoms with Crippen molar-refractivity contribution in [2.45, 2.75) is 13.0 Å². The van der Waals surface area contributed by atoms with E-state index in [0.29, 0.717) is 18.8 Å². The molecule has 1 aliphatic heterocycles. The molecular formula is C12H12N4OS. The van der Waals surface area contributed by atoms with Gasteiger partial charge in [0.1, 0.15) is 0 Å². The zero-order chi connectivity index (χ0) is 12.5. The normalized spacial score (nSPS) is 14.3. The van der Waals surface area contributed by atoms with Gasteiger partial charge in [-0.15, -0.1) is 0 Å². The molecule has 2 heterocycles. The Morgan fingerprint density at radius 3 is 3.11 bits per heavy atom. The van der Waals surface area contributed by atoms with Gasteiger partial charge in [-0.05, 0) is 23.6 Å². The Morgan fingerprint density at radius 1 is 1.44 bits per heavy atom. The standard InChI is InChI=1S/C12H12N4OS/c13-10-3-1-2-8-4-5-16(7-9(8)10)12(17)11-6-14-18-15-11/h1-3,6H,4-5,7,13H2. The lowest BCUT2D eigenvalue weighted by Gasteiger charge is -2.29. The molecular weight excluding hydrogens is 248 g/mol. The van der Waals surface area contributed by atoms with Gasteiger partial charge in [-0.1, -0.05) is 12.1 Å². The SMILES string of the molecule is Nc1cccc2c1CN(C(=O)c1cnsn1)CC2. The molecule has 0 unspecified atom stereocenters. The van der Waals surface area contributed by atoms with Crippen molar-refractivity contribution in [3.8, 4) is 0 Å².